The number of hydrogen-bond acceptors (Lipinski definition) is 6. The molecule has 0 atom stereocenters. The SMILES string of the molecule is CCOC(=O)c1c(NC(=O)C[NH+]2CCN(C(=O)c3ccco3)CC2)sc2c1CCC2. The van der Waals surface area contributed by atoms with Crippen molar-refractivity contribution < 1.29 is 28.4 Å². The maximum absolute atomic E-state index is 12.7. The number of aryl methyl sites for hydroxylation is 1. The monoisotopic (exact) mass is 432 g/mol. The maximum Gasteiger partial charge on any atom is 0.341 e. The van der Waals surface area contributed by atoms with Gasteiger partial charge < -0.3 is 24.3 Å². The van der Waals surface area contributed by atoms with Crippen molar-refractivity contribution in [2.24, 2.45) is 0 Å². The Kier molecular flexibility index (Phi) is 6.19. The van der Waals surface area contributed by atoms with Gasteiger partial charge in [0.1, 0.15) is 5.00 Å². The molecule has 30 heavy (non-hydrogen) atoms. The van der Waals surface area contributed by atoms with E-state index in [1.807, 2.05) is 0 Å². The number of fused-ring (bicyclic) bond motifs is 1. The lowest BCUT2D eigenvalue weighted by Gasteiger charge is -2.31. The second kappa shape index (κ2) is 9.01. The molecule has 0 radical (unpaired) electrons. The van der Waals surface area contributed by atoms with E-state index in [0.717, 1.165) is 29.7 Å². The largest absolute Gasteiger partial charge is 0.462 e. The minimum absolute atomic E-state index is 0.115. The molecule has 2 aromatic heterocycles. The fraction of sp³-hybridized carbons (Fsp3) is 0.476. The fourth-order valence-corrected chi connectivity index (χ4v) is 5.36. The van der Waals surface area contributed by atoms with E-state index in [2.05, 4.69) is 5.32 Å². The number of nitrogens with zero attached hydrogens (tertiary/aromatic N) is 1. The molecule has 1 aliphatic heterocycles. The van der Waals surface area contributed by atoms with Crippen molar-refractivity contribution in [2.75, 3.05) is 44.6 Å². The topological polar surface area (TPSA) is 93.3 Å². The summed E-state index contributed by atoms with van der Waals surface area (Å²) < 4.78 is 10.4. The number of anilines is 1. The zero-order valence-electron chi connectivity index (χ0n) is 17.0. The molecule has 0 saturated carbocycles. The molecule has 9 heteroatoms. The van der Waals surface area contributed by atoms with Crippen molar-refractivity contribution in [1.29, 1.82) is 0 Å². The zero-order valence-corrected chi connectivity index (χ0v) is 17.8. The Labute approximate surface area is 178 Å². The Morgan fingerprint density at radius 1 is 1.27 bits per heavy atom. The van der Waals surface area contributed by atoms with Gasteiger partial charge in [0.25, 0.3) is 11.8 Å². The van der Waals surface area contributed by atoms with E-state index >= 15 is 0 Å². The molecule has 2 amide bonds. The van der Waals surface area contributed by atoms with Gasteiger partial charge in [0.05, 0.1) is 44.6 Å². The van der Waals surface area contributed by atoms with Crippen LogP contribution in [-0.2, 0) is 22.4 Å². The average Bonchev–Trinajstić information content (AvgIpc) is 3.45. The molecule has 0 aromatic carbocycles. The molecule has 1 saturated heterocycles. The Hall–Kier alpha value is -2.65. The molecule has 8 nitrogen and oxygen atoms in total. The summed E-state index contributed by atoms with van der Waals surface area (Å²) in [6, 6.07) is 3.36. The highest BCUT2D eigenvalue weighted by Gasteiger charge is 2.30. The number of nitrogens with one attached hydrogen (secondary N) is 2. The quantitative estimate of drug-likeness (QED) is 0.664. The summed E-state index contributed by atoms with van der Waals surface area (Å²) in [5.74, 6) is -0.255. The van der Waals surface area contributed by atoms with Crippen molar-refractivity contribution in [3.05, 3.63) is 40.2 Å². The summed E-state index contributed by atoms with van der Waals surface area (Å²) in [5.41, 5.74) is 1.57. The van der Waals surface area contributed by atoms with Gasteiger partial charge in [-0.05, 0) is 43.9 Å². The van der Waals surface area contributed by atoms with Gasteiger partial charge in [-0.2, -0.15) is 0 Å². The first kappa shape index (κ1) is 20.6. The number of thiophene rings is 1. The lowest BCUT2D eigenvalue weighted by atomic mass is 10.1. The second-order valence-corrected chi connectivity index (χ2v) is 8.63. The normalized spacial score (nSPS) is 16.4. The molecular formula is C21H26N3O5S+. The lowest BCUT2D eigenvalue weighted by Crippen LogP contribution is -3.15. The first-order valence-electron chi connectivity index (χ1n) is 10.3. The Balaban J connectivity index is 1.34. The number of carbonyl (C=O) groups is 3. The average molecular weight is 433 g/mol. The highest BCUT2D eigenvalue weighted by atomic mass is 32.1. The Morgan fingerprint density at radius 3 is 2.77 bits per heavy atom. The molecule has 2 N–H and O–H groups in total. The number of piperazine rings is 1. The van der Waals surface area contributed by atoms with Crippen LogP contribution in [-0.4, -0.2) is 62.0 Å². The predicted octanol–water partition coefficient (Wildman–Crippen LogP) is 0.986. The van der Waals surface area contributed by atoms with Crippen LogP contribution in [0.25, 0.3) is 0 Å². The van der Waals surface area contributed by atoms with Crippen molar-refractivity contribution >= 4 is 34.1 Å². The standard InChI is InChI=1S/C21H25N3O5S/c1-2-28-21(27)18-14-5-3-7-16(14)30-19(18)22-17(25)13-23-8-10-24(11-9-23)20(26)15-6-4-12-29-15/h4,6,12H,2-3,5,7-11,13H2,1H3,(H,22,25)/p+1. The lowest BCUT2D eigenvalue weighted by molar-refractivity contribution is -0.895. The van der Waals surface area contributed by atoms with E-state index < -0.39 is 0 Å². The van der Waals surface area contributed by atoms with Crippen LogP contribution in [0.1, 0.15) is 44.7 Å². The third-order valence-electron chi connectivity index (χ3n) is 5.55. The first-order valence-corrected chi connectivity index (χ1v) is 11.2. The fourth-order valence-electron chi connectivity index (χ4n) is 4.07. The molecule has 0 bridgehead atoms. The van der Waals surface area contributed by atoms with Gasteiger partial charge >= 0.3 is 5.97 Å². The molecule has 0 unspecified atom stereocenters. The summed E-state index contributed by atoms with van der Waals surface area (Å²) in [7, 11) is 0. The van der Waals surface area contributed by atoms with Gasteiger partial charge in [0.15, 0.2) is 12.3 Å². The molecule has 2 aliphatic rings. The summed E-state index contributed by atoms with van der Waals surface area (Å²) in [6.07, 6.45) is 4.32. The van der Waals surface area contributed by atoms with Crippen LogP contribution in [0.3, 0.4) is 0 Å². The van der Waals surface area contributed by atoms with Crippen LogP contribution in [0, 0.1) is 0 Å². The Bertz CT molecular complexity index is 929. The number of carbonyl (C=O) groups excluding carboxylic acids is 3. The predicted molar refractivity (Wildman–Crippen MR) is 111 cm³/mol. The highest BCUT2D eigenvalue weighted by molar-refractivity contribution is 7.17. The van der Waals surface area contributed by atoms with E-state index in [1.54, 1.807) is 24.0 Å². The van der Waals surface area contributed by atoms with E-state index in [9.17, 15) is 14.4 Å². The third-order valence-corrected chi connectivity index (χ3v) is 6.76. The smallest absolute Gasteiger partial charge is 0.341 e. The number of quaternary nitrogens is 1. The van der Waals surface area contributed by atoms with Crippen molar-refractivity contribution in [2.45, 2.75) is 26.2 Å². The van der Waals surface area contributed by atoms with Gasteiger partial charge in [0.2, 0.25) is 0 Å². The van der Waals surface area contributed by atoms with Gasteiger partial charge in [0, 0.05) is 4.88 Å². The second-order valence-electron chi connectivity index (χ2n) is 7.53. The number of amides is 2. The number of ether oxygens (including phenoxy) is 1. The van der Waals surface area contributed by atoms with Crippen molar-refractivity contribution in [3.8, 4) is 0 Å². The minimum atomic E-state index is -0.357. The first-order chi connectivity index (χ1) is 14.6. The van der Waals surface area contributed by atoms with Crippen LogP contribution in [0.2, 0.25) is 0 Å². The summed E-state index contributed by atoms with van der Waals surface area (Å²) in [5, 5.41) is 3.55. The van der Waals surface area contributed by atoms with Gasteiger partial charge in [-0.25, -0.2) is 4.79 Å². The van der Waals surface area contributed by atoms with Crippen LogP contribution < -0.4 is 10.2 Å². The molecule has 0 spiro atoms. The van der Waals surface area contributed by atoms with Crippen molar-refractivity contribution in [3.63, 3.8) is 0 Å². The van der Waals surface area contributed by atoms with E-state index in [0.29, 0.717) is 55.7 Å². The van der Waals surface area contributed by atoms with E-state index in [4.69, 9.17) is 9.15 Å². The molecule has 4 rings (SSSR count). The van der Waals surface area contributed by atoms with Crippen molar-refractivity contribution in [1.82, 2.24) is 4.90 Å². The number of rotatable bonds is 6. The zero-order chi connectivity index (χ0) is 21.1. The van der Waals surface area contributed by atoms with Crippen LogP contribution in [0.4, 0.5) is 5.00 Å². The highest BCUT2D eigenvalue weighted by Crippen LogP contribution is 2.39. The van der Waals surface area contributed by atoms with E-state index in [-0.39, 0.29) is 17.8 Å². The summed E-state index contributed by atoms with van der Waals surface area (Å²) in [6.45, 7) is 4.90. The number of hydrogen-bond donors (Lipinski definition) is 2. The molecule has 160 valence electrons. The van der Waals surface area contributed by atoms with Crippen LogP contribution >= 0.6 is 11.3 Å². The maximum atomic E-state index is 12.7. The molecule has 2 aromatic rings. The van der Waals surface area contributed by atoms with Gasteiger partial charge in [-0.15, -0.1) is 11.3 Å². The van der Waals surface area contributed by atoms with Crippen LogP contribution in [0.5, 0.6) is 0 Å². The minimum Gasteiger partial charge on any atom is -0.462 e. The van der Waals surface area contributed by atoms with E-state index in [1.165, 1.54) is 22.5 Å². The third kappa shape index (κ3) is 4.27. The Morgan fingerprint density at radius 2 is 2.07 bits per heavy atom. The summed E-state index contributed by atoms with van der Waals surface area (Å²) >= 11 is 1.49. The van der Waals surface area contributed by atoms with Gasteiger partial charge in [-0.1, -0.05) is 0 Å². The molecular weight excluding hydrogens is 406 g/mol. The van der Waals surface area contributed by atoms with Crippen LogP contribution in [0.15, 0.2) is 22.8 Å². The summed E-state index contributed by atoms with van der Waals surface area (Å²) in [4.78, 5) is 41.5. The van der Waals surface area contributed by atoms with Gasteiger partial charge in [-0.3, -0.25) is 9.59 Å². The molecule has 3 heterocycles. The number of esters is 1. The molecule has 1 fully saturated rings. The number of furan rings is 1. The molecule has 1 aliphatic carbocycles.